The summed E-state index contributed by atoms with van der Waals surface area (Å²) in [5.74, 6) is -5.83. The van der Waals surface area contributed by atoms with Gasteiger partial charge < -0.3 is 28.4 Å². The van der Waals surface area contributed by atoms with Gasteiger partial charge in [0.25, 0.3) is 0 Å². The third kappa shape index (κ3) is 8.47. The van der Waals surface area contributed by atoms with Crippen LogP contribution in [0.5, 0.6) is 11.5 Å². The molecule has 0 saturated heterocycles. The average Bonchev–Trinajstić information content (AvgIpc) is 3.24. The summed E-state index contributed by atoms with van der Waals surface area (Å²) >= 11 is 4.00. The summed E-state index contributed by atoms with van der Waals surface area (Å²) in [7, 11) is 0. The van der Waals surface area contributed by atoms with E-state index in [9.17, 15) is 0 Å². The number of benzene rings is 2. The summed E-state index contributed by atoms with van der Waals surface area (Å²) in [5.41, 5.74) is -5.33. The van der Waals surface area contributed by atoms with E-state index in [0.717, 1.165) is 58.2 Å². The van der Waals surface area contributed by atoms with Crippen LogP contribution >= 0.6 is 47.0 Å². The topological polar surface area (TPSA) is 158 Å². The highest BCUT2D eigenvalue weighted by Crippen LogP contribution is 2.65. The third-order valence-corrected chi connectivity index (χ3v) is 17.7. The van der Waals surface area contributed by atoms with Gasteiger partial charge in [-0.1, -0.05) is 142 Å². The predicted octanol–water partition coefficient (Wildman–Crippen LogP) is 11.2. The minimum Gasteiger partial charge on any atom is -0.463 e. The number of rotatable bonds is 8. The molecule has 12 nitrogen and oxygen atoms in total. The van der Waals surface area contributed by atoms with E-state index in [1.807, 2.05) is 107 Å². The third-order valence-electron chi connectivity index (χ3n) is 12.7. The number of allylic oxidation sites excluding steroid dienone is 6. The molecule has 70 heavy (non-hydrogen) atoms. The zero-order valence-electron chi connectivity index (χ0n) is 43.0. The van der Waals surface area contributed by atoms with E-state index < -0.39 is 77.8 Å². The Morgan fingerprint density at radius 1 is 0.471 bits per heavy atom. The van der Waals surface area contributed by atoms with Crippen molar-refractivity contribution in [3.63, 3.8) is 0 Å². The lowest BCUT2D eigenvalue weighted by molar-refractivity contribution is -0.184. The molecule has 6 aliphatic heterocycles. The highest BCUT2D eigenvalue weighted by atomic mass is 32.2. The van der Waals surface area contributed by atoms with Crippen LogP contribution in [0.4, 0.5) is 0 Å². The molecule has 2 atom stereocenters. The summed E-state index contributed by atoms with van der Waals surface area (Å²) in [5, 5.41) is 0. The Morgan fingerprint density at radius 2 is 0.757 bits per heavy atom. The number of thioether (sulfide) groups is 4. The molecule has 0 saturated carbocycles. The van der Waals surface area contributed by atoms with Crippen LogP contribution in [0.1, 0.15) is 122 Å². The number of ketones is 2. The van der Waals surface area contributed by atoms with Crippen molar-refractivity contribution in [3.8, 4) is 11.5 Å². The van der Waals surface area contributed by atoms with Gasteiger partial charge >= 0.3 is 35.1 Å². The van der Waals surface area contributed by atoms with Gasteiger partial charge in [0.05, 0.1) is 55.8 Å². The van der Waals surface area contributed by atoms with Crippen LogP contribution in [0.25, 0.3) is 0 Å². The van der Waals surface area contributed by atoms with Crippen molar-refractivity contribution < 1.29 is 57.2 Å². The van der Waals surface area contributed by atoms with Gasteiger partial charge in [0.2, 0.25) is 0 Å². The fraction of sp³-hybridized carbons (Fsp3) is 0.519. The fourth-order valence-electron chi connectivity index (χ4n) is 8.70. The molecule has 2 aliphatic carbocycles. The molecule has 2 aromatic carbocycles. The SMILES string of the molecule is CCOC(=O)C1(C(=O)OCC)Oc2c3cc(C(C)(C)C)cc2S[C@]12C=C(C(C)(C)C)C=C(Sc1cc(C(C)(C)C)cc4c1OC(C(=O)OCC)(C(=O)OCC)[C@]1(C=C(C(C)(C)C)C=C(S3)C1=O)S4)C2=O. The molecule has 0 radical (unpaired) electrons. The van der Waals surface area contributed by atoms with Gasteiger partial charge in [-0.3, -0.25) is 9.59 Å². The maximum Gasteiger partial charge on any atom is 0.364 e. The van der Waals surface area contributed by atoms with Crippen molar-refractivity contribution in [1.29, 1.82) is 0 Å². The number of carbonyl (C=O) groups excluding carboxylic acids is 6. The van der Waals surface area contributed by atoms with Crippen LogP contribution in [0, 0.1) is 10.8 Å². The highest BCUT2D eigenvalue weighted by Gasteiger charge is 2.75. The molecule has 2 aromatic rings. The van der Waals surface area contributed by atoms with Crippen molar-refractivity contribution in [2.75, 3.05) is 26.4 Å². The van der Waals surface area contributed by atoms with Crippen LogP contribution < -0.4 is 9.47 Å². The molecule has 2 spiro atoms. The number of hydrogen-bond donors (Lipinski definition) is 0. The number of ether oxygens (including phenoxy) is 6. The van der Waals surface area contributed by atoms with Crippen molar-refractivity contribution in [1.82, 2.24) is 0 Å². The van der Waals surface area contributed by atoms with Crippen LogP contribution in [0.15, 0.2) is 89.1 Å². The summed E-state index contributed by atoms with van der Waals surface area (Å²) in [4.78, 5) is 94.9. The normalized spacial score (nSPS) is 22.3. The molecule has 6 heterocycles. The first-order valence-corrected chi connectivity index (χ1v) is 26.9. The first kappa shape index (κ1) is 53.4. The van der Waals surface area contributed by atoms with E-state index in [0.29, 0.717) is 30.7 Å². The van der Waals surface area contributed by atoms with Crippen molar-refractivity contribution in [3.05, 3.63) is 80.7 Å². The Hall–Kier alpha value is -4.38. The number of esters is 4. The smallest absolute Gasteiger partial charge is 0.364 e. The molecule has 376 valence electrons. The minimum absolute atomic E-state index is 0.0237. The summed E-state index contributed by atoms with van der Waals surface area (Å²) < 4.78 is 32.9. The zero-order valence-corrected chi connectivity index (χ0v) is 46.2. The quantitative estimate of drug-likeness (QED) is 0.140. The van der Waals surface area contributed by atoms with E-state index in [1.54, 1.807) is 52.0 Å². The molecule has 16 heteroatoms. The monoisotopic (exact) mass is 1030 g/mol. The Balaban J connectivity index is 1.75. The molecule has 10 rings (SSSR count). The van der Waals surface area contributed by atoms with E-state index in [2.05, 4.69) is 0 Å². The maximum atomic E-state index is 16.3. The van der Waals surface area contributed by atoms with Gasteiger partial charge in [-0.05, 0) is 108 Å². The molecule has 0 fully saturated rings. The van der Waals surface area contributed by atoms with Gasteiger partial charge in [-0.2, -0.15) is 0 Å². The molecule has 0 unspecified atom stereocenters. The van der Waals surface area contributed by atoms with Crippen LogP contribution in [0.3, 0.4) is 0 Å². The Labute approximate surface area is 428 Å². The standard InChI is InChI=1S/C54H64O12S4/c1-17-61-43(57)53(44(58)62-18-2)51-27-31(49(11,12)13)25-37(41(51)55)68-34-22-30(48(8,9)10)24-36-40(34)66-54(45(59)63-19-3,46(60)64-20-4)52(70-36)28-32(50(14,15)16)26-38(42(52)56)67-33-21-29(47(5,6)7)23-35(69-51)39(33)65-53/h21-28H,17-20H2,1-16H3/t51-,52+. The maximum absolute atomic E-state index is 16.3. The lowest BCUT2D eigenvalue weighted by Gasteiger charge is -2.50. The molecule has 0 aromatic heterocycles. The van der Waals surface area contributed by atoms with Gasteiger partial charge in [0.1, 0.15) is 11.5 Å². The molecular weight excluding hydrogens is 969 g/mol. The van der Waals surface area contributed by atoms with Crippen molar-refractivity contribution in [2.45, 2.75) is 162 Å². The highest BCUT2D eigenvalue weighted by molar-refractivity contribution is 8.06. The number of hydrogen-bond acceptors (Lipinski definition) is 16. The second-order valence-corrected chi connectivity index (χ2v) is 26.5. The van der Waals surface area contributed by atoms with E-state index in [-0.39, 0.29) is 47.7 Å². The van der Waals surface area contributed by atoms with E-state index >= 15 is 28.8 Å². The molecule has 8 aliphatic rings. The summed E-state index contributed by atoms with van der Waals surface area (Å²) in [6.07, 6.45) is 6.73. The molecule has 10 bridgehead atoms. The number of Topliss-reactive ketones (excluding diaryl/α,β-unsaturated/α-hetero) is 2. The second-order valence-electron chi connectivity index (χ2n) is 21.8. The molecular formula is C54H64O12S4. The second kappa shape index (κ2) is 18.3. The van der Waals surface area contributed by atoms with Gasteiger partial charge in [0, 0.05) is 0 Å². The van der Waals surface area contributed by atoms with E-state index in [1.165, 1.54) is 0 Å². The van der Waals surface area contributed by atoms with Gasteiger partial charge in [-0.25, -0.2) is 19.2 Å². The average molecular weight is 1030 g/mol. The largest absolute Gasteiger partial charge is 0.463 e. The fourth-order valence-corrected chi connectivity index (χ4v) is 14.2. The van der Waals surface area contributed by atoms with Crippen molar-refractivity contribution in [2.24, 2.45) is 10.8 Å². The lowest BCUT2D eigenvalue weighted by Crippen LogP contribution is -2.71. The predicted molar refractivity (Wildman–Crippen MR) is 274 cm³/mol. The lowest BCUT2D eigenvalue weighted by atomic mass is 9.73. The van der Waals surface area contributed by atoms with E-state index in [4.69, 9.17) is 28.4 Å². The minimum atomic E-state index is -2.78. The molecule has 0 N–H and O–H groups in total. The number of carbonyl (C=O) groups is 6. The molecule has 0 amide bonds. The van der Waals surface area contributed by atoms with Crippen LogP contribution in [-0.2, 0) is 58.5 Å². The summed E-state index contributed by atoms with van der Waals surface area (Å²) in [6, 6.07) is 7.43. The van der Waals surface area contributed by atoms with Crippen LogP contribution in [-0.4, -0.2) is 82.6 Å². The first-order valence-electron chi connectivity index (χ1n) is 23.6. The first-order chi connectivity index (χ1) is 32.4. The van der Waals surface area contributed by atoms with Gasteiger partial charge in [0.15, 0.2) is 21.1 Å². The summed E-state index contributed by atoms with van der Waals surface area (Å²) in [6.45, 7) is 29.5. The van der Waals surface area contributed by atoms with Crippen molar-refractivity contribution >= 4 is 82.5 Å². The van der Waals surface area contributed by atoms with Crippen LogP contribution in [0.2, 0.25) is 0 Å². The Bertz CT molecular complexity index is 2510. The Morgan fingerprint density at radius 3 is 1.01 bits per heavy atom. The van der Waals surface area contributed by atoms with Gasteiger partial charge in [-0.15, -0.1) is 0 Å². The Kier molecular flexibility index (Phi) is 13.9. The zero-order chi connectivity index (χ0) is 51.9.